The highest BCUT2D eigenvalue weighted by molar-refractivity contribution is 9.10. The normalized spacial score (nSPS) is 13.3. The van der Waals surface area contributed by atoms with E-state index in [1.54, 1.807) is 26.5 Å². The van der Waals surface area contributed by atoms with Crippen LogP contribution in [-0.2, 0) is 6.54 Å². The van der Waals surface area contributed by atoms with E-state index in [1.165, 1.54) is 0 Å². The first-order valence-corrected chi connectivity index (χ1v) is 13.6. The van der Waals surface area contributed by atoms with Gasteiger partial charge in [-0.3, -0.25) is 14.3 Å². The molecular weight excluding hydrogens is 574 g/mol. The SMILES string of the molecule is Cc1ccc(-c2cn(C3CN(C(=O)c4cc(Cn5cc(Br)cn5)c(C)o4)C3)nn2)cc1C(=O)Nc1ccccc1. The van der Waals surface area contributed by atoms with Gasteiger partial charge in [0.05, 0.1) is 29.5 Å². The van der Waals surface area contributed by atoms with E-state index in [-0.39, 0.29) is 17.9 Å². The fraction of sp³-hybridized carbons (Fsp3) is 0.207. The fourth-order valence-corrected chi connectivity index (χ4v) is 4.99. The molecule has 0 spiro atoms. The van der Waals surface area contributed by atoms with Crippen molar-refractivity contribution in [3.8, 4) is 11.3 Å². The zero-order valence-electron chi connectivity index (χ0n) is 21.9. The Hall–Kier alpha value is -4.51. The molecule has 0 atom stereocenters. The standard InChI is InChI=1S/C29H26BrN7O3/c1-18-8-9-20(10-25(18)28(38)32-23-6-4-3-5-7-23)26-17-37(34-33-26)24-15-35(16-24)29(39)27-11-21(19(2)40-27)13-36-14-22(30)12-31-36/h3-12,14,17,24H,13,15-16H2,1-2H3,(H,32,38). The van der Waals surface area contributed by atoms with Gasteiger partial charge in [0.1, 0.15) is 11.5 Å². The fourth-order valence-electron chi connectivity index (χ4n) is 4.66. The molecule has 4 heterocycles. The first-order valence-electron chi connectivity index (χ1n) is 12.8. The van der Waals surface area contributed by atoms with Crippen LogP contribution in [0.5, 0.6) is 0 Å². The second-order valence-corrected chi connectivity index (χ2v) is 10.8. The number of nitrogens with one attached hydrogen (secondary N) is 1. The minimum Gasteiger partial charge on any atom is -0.456 e. The molecule has 10 nitrogen and oxygen atoms in total. The van der Waals surface area contributed by atoms with Crippen molar-refractivity contribution in [3.63, 3.8) is 0 Å². The lowest BCUT2D eigenvalue weighted by atomic mass is 10.0. The predicted molar refractivity (Wildman–Crippen MR) is 152 cm³/mol. The summed E-state index contributed by atoms with van der Waals surface area (Å²) in [6.45, 7) is 5.28. The number of carbonyl (C=O) groups excluding carboxylic acids is 2. The first-order chi connectivity index (χ1) is 19.3. The van der Waals surface area contributed by atoms with Crippen LogP contribution in [0.4, 0.5) is 5.69 Å². The molecule has 0 bridgehead atoms. The van der Waals surface area contributed by atoms with Crippen LogP contribution in [0.15, 0.2) is 82.1 Å². The van der Waals surface area contributed by atoms with E-state index in [4.69, 9.17) is 4.42 Å². The number of nitrogens with zero attached hydrogens (tertiary/aromatic N) is 6. The minimum atomic E-state index is -0.181. The lowest BCUT2D eigenvalue weighted by molar-refractivity contribution is 0.0465. The smallest absolute Gasteiger partial charge is 0.289 e. The monoisotopic (exact) mass is 599 g/mol. The number of halogens is 1. The van der Waals surface area contributed by atoms with Crippen molar-refractivity contribution in [3.05, 3.63) is 106 Å². The van der Waals surface area contributed by atoms with Crippen molar-refractivity contribution in [1.82, 2.24) is 29.7 Å². The van der Waals surface area contributed by atoms with E-state index < -0.39 is 0 Å². The molecule has 1 fully saturated rings. The van der Waals surface area contributed by atoms with Gasteiger partial charge in [0.15, 0.2) is 5.76 Å². The Bertz CT molecular complexity index is 1700. The Balaban J connectivity index is 1.10. The highest BCUT2D eigenvalue weighted by Gasteiger charge is 2.35. The van der Waals surface area contributed by atoms with Gasteiger partial charge < -0.3 is 14.6 Å². The summed E-state index contributed by atoms with van der Waals surface area (Å²) in [5.74, 6) is 0.681. The van der Waals surface area contributed by atoms with E-state index in [0.29, 0.717) is 42.4 Å². The zero-order valence-corrected chi connectivity index (χ0v) is 23.5. The summed E-state index contributed by atoms with van der Waals surface area (Å²) < 4.78 is 10.2. The third-order valence-electron chi connectivity index (χ3n) is 7.01. The second-order valence-electron chi connectivity index (χ2n) is 9.85. The number of likely N-dealkylation sites (tertiary alicyclic amines) is 1. The summed E-state index contributed by atoms with van der Waals surface area (Å²) in [7, 11) is 0. The van der Waals surface area contributed by atoms with Gasteiger partial charge in [-0.2, -0.15) is 5.10 Å². The van der Waals surface area contributed by atoms with Gasteiger partial charge in [0.25, 0.3) is 11.8 Å². The van der Waals surface area contributed by atoms with E-state index in [0.717, 1.165) is 26.9 Å². The molecule has 1 aliphatic heterocycles. The number of rotatable bonds is 7. The van der Waals surface area contributed by atoms with Gasteiger partial charge in [-0.05, 0) is 59.6 Å². The average Bonchev–Trinajstić information content (AvgIpc) is 3.65. The molecule has 6 rings (SSSR count). The molecule has 0 saturated carbocycles. The molecule has 1 aliphatic rings. The van der Waals surface area contributed by atoms with Crippen LogP contribution in [-0.4, -0.2) is 54.6 Å². The molecule has 0 radical (unpaired) electrons. The average molecular weight is 600 g/mol. The third-order valence-corrected chi connectivity index (χ3v) is 7.42. The van der Waals surface area contributed by atoms with E-state index in [9.17, 15) is 9.59 Å². The molecule has 40 heavy (non-hydrogen) atoms. The predicted octanol–water partition coefficient (Wildman–Crippen LogP) is 5.11. The van der Waals surface area contributed by atoms with Gasteiger partial charge in [0, 0.05) is 41.7 Å². The van der Waals surface area contributed by atoms with E-state index in [2.05, 4.69) is 36.7 Å². The molecule has 2 aromatic carbocycles. The summed E-state index contributed by atoms with van der Waals surface area (Å²) in [6, 6.07) is 16.8. The number of amides is 2. The van der Waals surface area contributed by atoms with Gasteiger partial charge >= 0.3 is 0 Å². The van der Waals surface area contributed by atoms with Crippen molar-refractivity contribution in [2.45, 2.75) is 26.4 Å². The largest absolute Gasteiger partial charge is 0.456 e. The quantitative estimate of drug-likeness (QED) is 0.278. The van der Waals surface area contributed by atoms with Crippen LogP contribution in [0.1, 0.15) is 43.8 Å². The van der Waals surface area contributed by atoms with Crippen molar-refractivity contribution in [2.75, 3.05) is 18.4 Å². The summed E-state index contributed by atoms with van der Waals surface area (Å²) in [6.07, 6.45) is 5.45. The molecular formula is C29H26BrN7O3. The topological polar surface area (TPSA) is 111 Å². The van der Waals surface area contributed by atoms with Crippen molar-refractivity contribution in [1.29, 1.82) is 0 Å². The molecule has 1 N–H and O–H groups in total. The number of para-hydroxylation sites is 1. The second kappa shape index (κ2) is 10.6. The van der Waals surface area contributed by atoms with Crippen LogP contribution in [0, 0.1) is 13.8 Å². The van der Waals surface area contributed by atoms with Crippen molar-refractivity contribution in [2.24, 2.45) is 0 Å². The number of carbonyl (C=O) groups is 2. The molecule has 11 heteroatoms. The number of hydrogen-bond donors (Lipinski definition) is 1. The van der Waals surface area contributed by atoms with Crippen LogP contribution >= 0.6 is 15.9 Å². The molecule has 1 saturated heterocycles. The summed E-state index contributed by atoms with van der Waals surface area (Å²) in [5, 5.41) is 15.8. The lowest BCUT2D eigenvalue weighted by Crippen LogP contribution is -2.50. The number of benzene rings is 2. The number of aromatic nitrogens is 5. The summed E-state index contributed by atoms with van der Waals surface area (Å²) in [4.78, 5) is 27.7. The van der Waals surface area contributed by atoms with E-state index in [1.807, 2.05) is 74.8 Å². The number of aryl methyl sites for hydroxylation is 2. The minimum absolute atomic E-state index is 0.00783. The van der Waals surface area contributed by atoms with Crippen LogP contribution in [0.2, 0.25) is 0 Å². The molecule has 2 amide bonds. The van der Waals surface area contributed by atoms with Gasteiger partial charge in [0.2, 0.25) is 0 Å². The molecule has 202 valence electrons. The molecule has 0 unspecified atom stereocenters. The number of furan rings is 1. The number of anilines is 1. The Morgan fingerprint density at radius 2 is 1.88 bits per heavy atom. The molecule has 5 aromatic rings. The molecule has 3 aromatic heterocycles. The van der Waals surface area contributed by atoms with Gasteiger partial charge in [-0.15, -0.1) is 5.10 Å². The first kappa shape index (κ1) is 25.8. The Morgan fingerprint density at radius 1 is 1.07 bits per heavy atom. The van der Waals surface area contributed by atoms with Crippen molar-refractivity contribution >= 4 is 33.4 Å². The molecule has 0 aliphatic carbocycles. The summed E-state index contributed by atoms with van der Waals surface area (Å²) >= 11 is 3.40. The maximum atomic E-state index is 13.0. The van der Waals surface area contributed by atoms with Gasteiger partial charge in [-0.25, -0.2) is 4.68 Å². The highest BCUT2D eigenvalue weighted by Crippen LogP contribution is 2.27. The Morgan fingerprint density at radius 3 is 2.62 bits per heavy atom. The van der Waals surface area contributed by atoms with Crippen LogP contribution in [0.25, 0.3) is 11.3 Å². The van der Waals surface area contributed by atoms with E-state index >= 15 is 0 Å². The zero-order chi connectivity index (χ0) is 27.8. The van der Waals surface area contributed by atoms with Crippen molar-refractivity contribution < 1.29 is 14.0 Å². The summed E-state index contributed by atoms with van der Waals surface area (Å²) in [5.41, 5.74) is 4.54. The van der Waals surface area contributed by atoms with Crippen LogP contribution < -0.4 is 5.32 Å². The maximum absolute atomic E-state index is 13.0. The third kappa shape index (κ3) is 5.20. The Labute approximate surface area is 238 Å². The Kier molecular flexibility index (Phi) is 6.81. The number of hydrogen-bond acceptors (Lipinski definition) is 6. The lowest BCUT2D eigenvalue weighted by Gasteiger charge is -2.38. The van der Waals surface area contributed by atoms with Gasteiger partial charge in [-0.1, -0.05) is 35.5 Å². The van der Waals surface area contributed by atoms with Crippen LogP contribution in [0.3, 0.4) is 0 Å². The highest BCUT2D eigenvalue weighted by atomic mass is 79.9. The maximum Gasteiger partial charge on any atom is 0.289 e.